The Morgan fingerprint density at radius 2 is 2.05 bits per heavy atom. The third-order valence-corrected chi connectivity index (χ3v) is 5.34. The van der Waals surface area contributed by atoms with Gasteiger partial charge >= 0.3 is 5.97 Å². The van der Waals surface area contributed by atoms with Gasteiger partial charge in [0.25, 0.3) is 0 Å². The Kier molecular flexibility index (Phi) is 4.63. The molecule has 0 unspecified atom stereocenters. The average Bonchev–Trinajstić information content (AvgIpc) is 2.91. The van der Waals surface area contributed by atoms with Crippen molar-refractivity contribution < 1.29 is 24.4 Å². The van der Waals surface area contributed by atoms with Crippen molar-refractivity contribution >= 4 is 5.97 Å². The normalized spacial score (nSPS) is 36.3. The monoisotopic (exact) mass is 301 g/mol. The molecule has 0 aromatic rings. The summed E-state index contributed by atoms with van der Waals surface area (Å²) in [5.41, 5.74) is -1.89. The summed E-state index contributed by atoms with van der Waals surface area (Å²) in [7, 11) is 0. The number of rotatable bonds is 5. The van der Waals surface area contributed by atoms with E-state index in [4.69, 9.17) is 4.74 Å². The van der Waals surface area contributed by atoms with E-state index >= 15 is 0 Å². The second kappa shape index (κ2) is 5.83. The van der Waals surface area contributed by atoms with Crippen LogP contribution in [0.15, 0.2) is 0 Å². The van der Waals surface area contributed by atoms with Crippen LogP contribution in [0.1, 0.15) is 40.0 Å². The highest BCUT2D eigenvalue weighted by Crippen LogP contribution is 2.39. The van der Waals surface area contributed by atoms with Gasteiger partial charge in [-0.15, -0.1) is 0 Å². The van der Waals surface area contributed by atoms with Gasteiger partial charge < -0.3 is 24.8 Å². The molecule has 0 aromatic carbocycles. The zero-order chi connectivity index (χ0) is 15.8. The van der Waals surface area contributed by atoms with Crippen LogP contribution < -0.4 is 0 Å². The lowest BCUT2D eigenvalue weighted by molar-refractivity contribution is -0.881. The Bertz CT molecular complexity index is 390. The predicted octanol–water partition coefficient (Wildman–Crippen LogP) is 0.794. The summed E-state index contributed by atoms with van der Waals surface area (Å²) in [6.07, 6.45) is 1.38. The minimum Gasteiger partial charge on any atom is -0.633 e. The molecule has 0 radical (unpaired) electrons. The van der Waals surface area contributed by atoms with Crippen LogP contribution in [0.3, 0.4) is 0 Å². The highest BCUT2D eigenvalue weighted by Gasteiger charge is 2.49. The number of hydrogen-bond donors (Lipinski definition) is 2. The van der Waals surface area contributed by atoms with Gasteiger partial charge in [0.2, 0.25) is 0 Å². The van der Waals surface area contributed by atoms with Gasteiger partial charge in [-0.25, -0.2) is 4.79 Å². The van der Waals surface area contributed by atoms with E-state index in [1.807, 2.05) is 0 Å². The number of carbonyl (C=O) groups is 1. The highest BCUT2D eigenvalue weighted by molar-refractivity contribution is 5.80. The second-order valence-electron chi connectivity index (χ2n) is 6.91. The maximum Gasteiger partial charge on any atom is 0.341 e. The van der Waals surface area contributed by atoms with Crippen LogP contribution >= 0.6 is 0 Å². The van der Waals surface area contributed by atoms with E-state index in [0.29, 0.717) is 13.1 Å². The van der Waals surface area contributed by atoms with E-state index in [-0.39, 0.29) is 23.2 Å². The molecule has 21 heavy (non-hydrogen) atoms. The van der Waals surface area contributed by atoms with Gasteiger partial charge in [-0.05, 0) is 12.8 Å². The summed E-state index contributed by atoms with van der Waals surface area (Å²) in [5, 5.41) is 32.5. The largest absolute Gasteiger partial charge is 0.633 e. The summed E-state index contributed by atoms with van der Waals surface area (Å²) in [5.74, 6) is -1.17. The SMILES string of the molecule is CC(C)[C@](O)(C(=O)OC[C@@H]1CC[N@@+]2([O-])CCC[C@@H]12)[C@H](C)O. The lowest BCUT2D eigenvalue weighted by Gasteiger charge is -2.40. The molecule has 0 amide bonds. The van der Waals surface area contributed by atoms with E-state index in [2.05, 4.69) is 0 Å². The Labute approximate surface area is 125 Å². The van der Waals surface area contributed by atoms with Gasteiger partial charge in [0.05, 0.1) is 31.2 Å². The Hall–Kier alpha value is -0.690. The van der Waals surface area contributed by atoms with E-state index in [1.54, 1.807) is 13.8 Å². The Morgan fingerprint density at radius 3 is 2.62 bits per heavy atom. The Morgan fingerprint density at radius 1 is 1.38 bits per heavy atom. The molecule has 2 heterocycles. The number of hydrogen-bond acceptors (Lipinski definition) is 5. The van der Waals surface area contributed by atoms with Crippen LogP contribution in [0.2, 0.25) is 0 Å². The molecule has 5 atom stereocenters. The lowest BCUT2D eigenvalue weighted by atomic mass is 9.85. The molecule has 122 valence electrons. The number of nitrogens with zero attached hydrogens (tertiary/aromatic N) is 1. The number of fused-ring (bicyclic) bond motifs is 1. The second-order valence-corrected chi connectivity index (χ2v) is 6.91. The van der Waals surface area contributed by atoms with Gasteiger partial charge in [0.15, 0.2) is 5.60 Å². The van der Waals surface area contributed by atoms with Crippen LogP contribution in [0.5, 0.6) is 0 Å². The highest BCUT2D eigenvalue weighted by atomic mass is 16.6. The molecular weight excluding hydrogens is 274 g/mol. The summed E-state index contributed by atoms with van der Waals surface area (Å²) in [6.45, 7) is 6.14. The maximum absolute atomic E-state index is 12.4. The zero-order valence-corrected chi connectivity index (χ0v) is 13.1. The molecule has 0 saturated carbocycles. The number of hydroxylamine groups is 3. The van der Waals surface area contributed by atoms with Crippen molar-refractivity contribution in [3.05, 3.63) is 5.21 Å². The smallest absolute Gasteiger partial charge is 0.341 e. The molecule has 0 aromatic heterocycles. The molecule has 6 heteroatoms. The molecule has 0 spiro atoms. The predicted molar refractivity (Wildman–Crippen MR) is 76.9 cm³/mol. The van der Waals surface area contributed by atoms with Crippen molar-refractivity contribution in [3.8, 4) is 0 Å². The number of carbonyl (C=O) groups excluding carboxylic acids is 1. The molecular formula is C15H27NO5. The van der Waals surface area contributed by atoms with Gasteiger partial charge in [-0.1, -0.05) is 13.8 Å². The molecule has 2 N–H and O–H groups in total. The van der Waals surface area contributed by atoms with E-state index in [9.17, 15) is 20.2 Å². The van der Waals surface area contributed by atoms with Crippen LogP contribution in [0.25, 0.3) is 0 Å². The third-order valence-electron chi connectivity index (χ3n) is 5.34. The molecule has 6 nitrogen and oxygen atoms in total. The fourth-order valence-electron chi connectivity index (χ4n) is 3.82. The molecule has 2 aliphatic rings. The lowest BCUT2D eigenvalue weighted by Crippen LogP contribution is -2.53. The number of ether oxygens (including phenoxy) is 1. The van der Waals surface area contributed by atoms with Gasteiger partial charge in [0, 0.05) is 19.3 Å². The Balaban J connectivity index is 1.95. The van der Waals surface area contributed by atoms with Gasteiger partial charge in [-0.3, -0.25) is 0 Å². The maximum atomic E-state index is 12.4. The minimum absolute atomic E-state index is 0.0245. The first-order chi connectivity index (χ1) is 9.71. The van der Waals surface area contributed by atoms with Crippen molar-refractivity contribution in [1.29, 1.82) is 0 Å². The summed E-state index contributed by atoms with van der Waals surface area (Å²) in [6, 6.07) is 0.0245. The van der Waals surface area contributed by atoms with Crippen LogP contribution in [0, 0.1) is 17.0 Å². The first kappa shape index (κ1) is 16.7. The van der Waals surface area contributed by atoms with Crippen LogP contribution in [-0.2, 0) is 9.53 Å². The first-order valence-corrected chi connectivity index (χ1v) is 7.87. The topological polar surface area (TPSA) is 89.8 Å². The fraction of sp³-hybridized carbons (Fsp3) is 0.933. The quantitative estimate of drug-likeness (QED) is 0.445. The van der Waals surface area contributed by atoms with Crippen molar-refractivity contribution in [2.75, 3.05) is 19.7 Å². The molecule has 2 aliphatic heterocycles. The van der Waals surface area contributed by atoms with Gasteiger partial charge in [0.1, 0.15) is 6.61 Å². The van der Waals surface area contributed by atoms with Crippen LogP contribution in [0.4, 0.5) is 0 Å². The van der Waals surface area contributed by atoms with Crippen molar-refractivity contribution in [1.82, 2.24) is 0 Å². The molecule has 0 aliphatic carbocycles. The number of aliphatic hydroxyl groups is 2. The summed E-state index contributed by atoms with van der Waals surface area (Å²) < 4.78 is 5.12. The van der Waals surface area contributed by atoms with Crippen LogP contribution in [-0.4, -0.2) is 58.3 Å². The average molecular weight is 301 g/mol. The van der Waals surface area contributed by atoms with Crippen molar-refractivity contribution in [2.45, 2.75) is 57.8 Å². The third kappa shape index (κ3) is 2.82. The first-order valence-electron chi connectivity index (χ1n) is 7.87. The molecule has 2 fully saturated rings. The van der Waals surface area contributed by atoms with Crippen molar-refractivity contribution in [2.24, 2.45) is 11.8 Å². The number of aliphatic hydroxyl groups excluding tert-OH is 1. The standard InChI is InChI=1S/C15H27NO5/c1-10(2)15(19,11(3)17)14(18)21-9-12-6-8-16(20)7-4-5-13(12)16/h10-13,17,19H,4-9H2,1-3H3/t11-,12-,13-,15+,16-/m0/s1. The van der Waals surface area contributed by atoms with Crippen molar-refractivity contribution in [3.63, 3.8) is 0 Å². The number of esters is 1. The molecule has 2 rings (SSSR count). The molecule has 2 saturated heterocycles. The summed E-state index contributed by atoms with van der Waals surface area (Å²) >= 11 is 0. The molecule has 0 bridgehead atoms. The van der Waals surface area contributed by atoms with Gasteiger partial charge in [-0.2, -0.15) is 0 Å². The zero-order valence-electron chi connectivity index (χ0n) is 13.1. The van der Waals surface area contributed by atoms with E-state index in [1.165, 1.54) is 6.92 Å². The van der Waals surface area contributed by atoms with E-state index < -0.39 is 23.6 Å². The fourth-order valence-corrected chi connectivity index (χ4v) is 3.82. The number of quaternary nitrogens is 1. The summed E-state index contributed by atoms with van der Waals surface area (Å²) in [4.78, 5) is 12.2. The van der Waals surface area contributed by atoms with E-state index in [0.717, 1.165) is 19.3 Å². The minimum atomic E-state index is -1.89.